The van der Waals surface area contributed by atoms with E-state index in [1.807, 2.05) is 41.9 Å². The Bertz CT molecular complexity index is 1220. The Labute approximate surface area is 198 Å². The van der Waals surface area contributed by atoms with Crippen molar-refractivity contribution >= 4 is 33.4 Å². The number of nitrogens with zero attached hydrogens (tertiary/aromatic N) is 4. The number of benzene rings is 2. The molecule has 10 heteroatoms. The highest BCUT2D eigenvalue weighted by molar-refractivity contribution is 8.00. The number of sulfonamides is 1. The van der Waals surface area contributed by atoms with E-state index in [1.165, 1.54) is 22.1 Å². The Morgan fingerprint density at radius 1 is 1.03 bits per heavy atom. The molecule has 4 rings (SSSR count). The second-order valence-corrected chi connectivity index (χ2v) is 11.2. The molecule has 1 atom stereocenters. The highest BCUT2D eigenvalue weighted by Gasteiger charge is 2.26. The van der Waals surface area contributed by atoms with E-state index in [4.69, 9.17) is 0 Å². The number of piperidine rings is 1. The van der Waals surface area contributed by atoms with E-state index in [-0.39, 0.29) is 10.8 Å². The maximum absolute atomic E-state index is 12.9. The third-order valence-electron chi connectivity index (χ3n) is 5.57. The van der Waals surface area contributed by atoms with Crippen LogP contribution in [0.15, 0.2) is 64.6 Å². The van der Waals surface area contributed by atoms with E-state index >= 15 is 0 Å². The fourth-order valence-electron chi connectivity index (χ4n) is 3.70. The Morgan fingerprint density at radius 3 is 2.48 bits per heavy atom. The van der Waals surface area contributed by atoms with E-state index in [0.717, 1.165) is 30.7 Å². The van der Waals surface area contributed by atoms with Crippen molar-refractivity contribution in [3.8, 4) is 11.4 Å². The molecule has 1 amide bonds. The van der Waals surface area contributed by atoms with Gasteiger partial charge in [0, 0.05) is 31.4 Å². The average Bonchev–Trinajstić information content (AvgIpc) is 3.20. The van der Waals surface area contributed by atoms with Gasteiger partial charge in [0.1, 0.15) is 0 Å². The minimum absolute atomic E-state index is 0.198. The van der Waals surface area contributed by atoms with Gasteiger partial charge in [-0.2, -0.15) is 4.31 Å². The summed E-state index contributed by atoms with van der Waals surface area (Å²) in [4.78, 5) is 13.0. The first-order chi connectivity index (χ1) is 15.9. The van der Waals surface area contributed by atoms with Crippen molar-refractivity contribution in [1.82, 2.24) is 19.1 Å². The van der Waals surface area contributed by atoms with E-state index in [1.54, 1.807) is 25.1 Å². The molecule has 8 nitrogen and oxygen atoms in total. The monoisotopic (exact) mass is 485 g/mol. The van der Waals surface area contributed by atoms with Crippen LogP contribution >= 0.6 is 11.8 Å². The van der Waals surface area contributed by atoms with Crippen molar-refractivity contribution in [3.05, 3.63) is 54.6 Å². The van der Waals surface area contributed by atoms with Gasteiger partial charge in [-0.1, -0.05) is 54.6 Å². The SMILES string of the molecule is CC(Sc1nnc(-c2ccccc2)n1C)C(=O)Nc1cccc(S(=O)(=O)N2CCCCC2)c1. The maximum atomic E-state index is 12.9. The molecule has 2 heterocycles. The van der Waals surface area contributed by atoms with Gasteiger partial charge in [0.2, 0.25) is 15.9 Å². The van der Waals surface area contributed by atoms with Crippen molar-refractivity contribution in [3.63, 3.8) is 0 Å². The number of hydrogen-bond acceptors (Lipinski definition) is 6. The van der Waals surface area contributed by atoms with Crippen LogP contribution in [-0.2, 0) is 21.9 Å². The standard InChI is InChI=1S/C23H27N5O3S2/c1-17(32-23-26-25-21(27(23)2)18-10-5-3-6-11-18)22(29)24-19-12-9-13-20(16-19)33(30,31)28-14-7-4-8-15-28/h3,5-6,9-13,16-17H,4,7-8,14-15H2,1-2H3,(H,24,29). The fraction of sp³-hybridized carbons (Fsp3) is 0.348. The van der Waals surface area contributed by atoms with Crippen LogP contribution < -0.4 is 5.32 Å². The predicted octanol–water partition coefficient (Wildman–Crippen LogP) is 3.78. The first-order valence-electron chi connectivity index (χ1n) is 10.9. The van der Waals surface area contributed by atoms with Crippen LogP contribution in [0.1, 0.15) is 26.2 Å². The molecule has 3 aromatic rings. The molecule has 33 heavy (non-hydrogen) atoms. The van der Waals surface area contributed by atoms with Crippen molar-refractivity contribution in [2.24, 2.45) is 7.05 Å². The zero-order chi connectivity index (χ0) is 23.4. The van der Waals surface area contributed by atoms with Crippen LogP contribution in [0.4, 0.5) is 5.69 Å². The molecule has 0 spiro atoms. The molecule has 0 aliphatic carbocycles. The number of aromatic nitrogens is 3. The van der Waals surface area contributed by atoms with Gasteiger partial charge in [0.05, 0.1) is 10.1 Å². The highest BCUT2D eigenvalue weighted by Crippen LogP contribution is 2.27. The maximum Gasteiger partial charge on any atom is 0.243 e. The van der Waals surface area contributed by atoms with Gasteiger partial charge < -0.3 is 9.88 Å². The number of anilines is 1. The highest BCUT2D eigenvalue weighted by atomic mass is 32.2. The van der Waals surface area contributed by atoms with Gasteiger partial charge in [-0.05, 0) is 38.0 Å². The number of rotatable bonds is 7. The molecule has 1 aliphatic rings. The second-order valence-electron chi connectivity index (χ2n) is 7.97. The van der Waals surface area contributed by atoms with Gasteiger partial charge in [-0.3, -0.25) is 4.79 Å². The Kier molecular flexibility index (Phi) is 7.16. The lowest BCUT2D eigenvalue weighted by atomic mass is 10.2. The number of hydrogen-bond donors (Lipinski definition) is 1. The Hall–Kier alpha value is -2.69. The van der Waals surface area contributed by atoms with E-state index < -0.39 is 15.3 Å². The number of carbonyl (C=O) groups excluding carboxylic acids is 1. The van der Waals surface area contributed by atoms with Crippen molar-refractivity contribution in [1.29, 1.82) is 0 Å². The van der Waals surface area contributed by atoms with Crippen LogP contribution in [0.25, 0.3) is 11.4 Å². The summed E-state index contributed by atoms with van der Waals surface area (Å²) in [5.74, 6) is 0.484. The summed E-state index contributed by atoms with van der Waals surface area (Å²) < 4.78 is 29.3. The zero-order valence-corrected chi connectivity index (χ0v) is 20.3. The number of carbonyl (C=O) groups is 1. The normalized spacial score (nSPS) is 15.8. The molecule has 1 N–H and O–H groups in total. The molecule has 1 saturated heterocycles. The summed E-state index contributed by atoms with van der Waals surface area (Å²) in [6, 6.07) is 16.2. The van der Waals surface area contributed by atoms with Gasteiger partial charge in [-0.15, -0.1) is 10.2 Å². The Balaban J connectivity index is 1.44. The van der Waals surface area contributed by atoms with E-state index in [9.17, 15) is 13.2 Å². The van der Waals surface area contributed by atoms with Crippen molar-refractivity contribution in [2.75, 3.05) is 18.4 Å². The summed E-state index contributed by atoms with van der Waals surface area (Å²) >= 11 is 1.30. The quantitative estimate of drug-likeness (QED) is 0.512. The summed E-state index contributed by atoms with van der Waals surface area (Å²) in [5, 5.41) is 11.5. The molecule has 0 saturated carbocycles. The van der Waals surface area contributed by atoms with E-state index in [2.05, 4.69) is 15.5 Å². The van der Waals surface area contributed by atoms with Crippen LogP contribution in [0.5, 0.6) is 0 Å². The summed E-state index contributed by atoms with van der Waals surface area (Å²) in [5.41, 5.74) is 1.40. The van der Waals surface area contributed by atoms with Crippen LogP contribution in [0.3, 0.4) is 0 Å². The Morgan fingerprint density at radius 2 is 1.76 bits per heavy atom. The van der Waals surface area contributed by atoms with Gasteiger partial charge in [-0.25, -0.2) is 8.42 Å². The number of nitrogens with one attached hydrogen (secondary N) is 1. The minimum Gasteiger partial charge on any atom is -0.325 e. The van der Waals surface area contributed by atoms with Crippen LogP contribution in [0.2, 0.25) is 0 Å². The lowest BCUT2D eigenvalue weighted by Gasteiger charge is -2.26. The van der Waals surface area contributed by atoms with Crippen molar-refractivity contribution in [2.45, 2.75) is 41.5 Å². The molecular formula is C23H27N5O3S2. The summed E-state index contributed by atoms with van der Waals surface area (Å²) in [7, 11) is -1.70. The lowest BCUT2D eigenvalue weighted by Crippen LogP contribution is -2.35. The minimum atomic E-state index is -3.56. The first kappa shape index (κ1) is 23.5. The topological polar surface area (TPSA) is 97.2 Å². The average molecular weight is 486 g/mol. The van der Waals surface area contributed by atoms with Crippen LogP contribution in [0, 0.1) is 0 Å². The molecule has 1 aromatic heterocycles. The summed E-state index contributed by atoms with van der Waals surface area (Å²) in [6.45, 7) is 2.86. The molecule has 1 unspecified atom stereocenters. The molecule has 2 aromatic carbocycles. The largest absolute Gasteiger partial charge is 0.325 e. The third-order valence-corrected chi connectivity index (χ3v) is 8.60. The molecule has 1 aliphatic heterocycles. The van der Waals surface area contributed by atoms with Crippen LogP contribution in [-0.4, -0.2) is 51.7 Å². The van der Waals surface area contributed by atoms with Gasteiger partial charge >= 0.3 is 0 Å². The first-order valence-corrected chi connectivity index (χ1v) is 13.2. The lowest BCUT2D eigenvalue weighted by molar-refractivity contribution is -0.115. The third kappa shape index (κ3) is 5.29. The zero-order valence-electron chi connectivity index (χ0n) is 18.6. The molecular weight excluding hydrogens is 458 g/mol. The van der Waals surface area contributed by atoms with E-state index in [0.29, 0.717) is 23.9 Å². The predicted molar refractivity (Wildman–Crippen MR) is 129 cm³/mol. The molecule has 0 radical (unpaired) electrons. The molecule has 0 bridgehead atoms. The number of amides is 1. The number of thioether (sulfide) groups is 1. The van der Waals surface area contributed by atoms with Gasteiger partial charge in [0.15, 0.2) is 11.0 Å². The molecule has 174 valence electrons. The molecule has 1 fully saturated rings. The summed E-state index contributed by atoms with van der Waals surface area (Å²) in [6.07, 6.45) is 2.80. The smallest absolute Gasteiger partial charge is 0.243 e. The van der Waals surface area contributed by atoms with Gasteiger partial charge in [0.25, 0.3) is 0 Å². The van der Waals surface area contributed by atoms with Crippen molar-refractivity contribution < 1.29 is 13.2 Å². The second kappa shape index (κ2) is 10.1. The fourth-order valence-corrected chi connectivity index (χ4v) is 6.08.